The minimum atomic E-state index is 0.549. The van der Waals surface area contributed by atoms with Crippen LogP contribution < -0.4 is 0 Å². The van der Waals surface area contributed by atoms with Gasteiger partial charge >= 0.3 is 0 Å². The van der Waals surface area contributed by atoms with Crippen LogP contribution in [-0.4, -0.2) is 4.98 Å². The molecular weight excluding hydrogens is 250 g/mol. The Kier molecular flexibility index (Phi) is 3.85. The van der Waals surface area contributed by atoms with E-state index in [-0.39, 0.29) is 0 Å². The van der Waals surface area contributed by atoms with Crippen molar-refractivity contribution in [1.29, 1.82) is 0 Å². The average Bonchev–Trinajstić information content (AvgIpc) is 2.70. The van der Waals surface area contributed by atoms with Crippen LogP contribution in [0.15, 0.2) is 24.3 Å². The molecule has 1 aromatic carbocycles. The third-order valence-corrected chi connectivity index (χ3v) is 4.47. The molecule has 0 bridgehead atoms. The van der Waals surface area contributed by atoms with Gasteiger partial charge in [-0.05, 0) is 18.4 Å². The first-order valence-corrected chi connectivity index (χ1v) is 7.09. The van der Waals surface area contributed by atoms with Gasteiger partial charge in [-0.15, -0.1) is 22.9 Å². The summed E-state index contributed by atoms with van der Waals surface area (Å²) in [5.41, 5.74) is 3.59. The van der Waals surface area contributed by atoms with Gasteiger partial charge in [-0.2, -0.15) is 0 Å². The molecule has 0 saturated carbocycles. The lowest BCUT2D eigenvalue weighted by atomic mass is 10.0. The molecule has 0 aliphatic rings. The summed E-state index contributed by atoms with van der Waals surface area (Å²) in [5, 5.41) is 1.06. The summed E-state index contributed by atoms with van der Waals surface area (Å²) in [7, 11) is 0. The maximum absolute atomic E-state index is 5.87. The molecule has 17 heavy (non-hydrogen) atoms. The largest absolute Gasteiger partial charge is 0.241 e. The van der Waals surface area contributed by atoms with E-state index in [1.54, 1.807) is 11.3 Å². The fourth-order valence-electron chi connectivity index (χ4n) is 1.69. The Hall–Kier alpha value is -0.860. The first-order chi connectivity index (χ1) is 8.11. The summed E-state index contributed by atoms with van der Waals surface area (Å²) < 4.78 is 0. The Morgan fingerprint density at radius 1 is 1.24 bits per heavy atom. The van der Waals surface area contributed by atoms with Gasteiger partial charge < -0.3 is 0 Å². The minimum absolute atomic E-state index is 0.549. The van der Waals surface area contributed by atoms with Crippen molar-refractivity contribution < 1.29 is 0 Å². The Labute approximate surface area is 111 Å². The molecule has 0 radical (unpaired) electrons. The standard InChI is InChI=1S/C14H16ClNS/c1-9(2)11-4-6-12(7-5-11)14-16-10(3)13(8-15)17-14/h4-7,9H,8H2,1-3H3. The topological polar surface area (TPSA) is 12.9 Å². The molecule has 1 aromatic heterocycles. The monoisotopic (exact) mass is 265 g/mol. The number of aromatic nitrogens is 1. The molecule has 2 aromatic rings. The van der Waals surface area contributed by atoms with Crippen molar-refractivity contribution in [3.63, 3.8) is 0 Å². The molecule has 90 valence electrons. The molecule has 0 spiro atoms. The highest BCUT2D eigenvalue weighted by atomic mass is 35.5. The fourth-order valence-corrected chi connectivity index (χ4v) is 2.96. The number of halogens is 1. The molecule has 0 saturated heterocycles. The van der Waals surface area contributed by atoms with E-state index in [1.165, 1.54) is 11.1 Å². The van der Waals surface area contributed by atoms with Crippen molar-refractivity contribution in [2.24, 2.45) is 0 Å². The second kappa shape index (κ2) is 5.19. The van der Waals surface area contributed by atoms with Gasteiger partial charge in [0.2, 0.25) is 0 Å². The second-order valence-electron chi connectivity index (χ2n) is 4.44. The average molecular weight is 266 g/mol. The molecule has 0 N–H and O–H groups in total. The van der Waals surface area contributed by atoms with Crippen molar-refractivity contribution in [3.8, 4) is 10.6 Å². The highest BCUT2D eigenvalue weighted by Gasteiger charge is 2.08. The first kappa shape index (κ1) is 12.6. The number of benzene rings is 1. The van der Waals surface area contributed by atoms with E-state index in [4.69, 9.17) is 11.6 Å². The van der Waals surface area contributed by atoms with Crippen LogP contribution >= 0.6 is 22.9 Å². The lowest BCUT2D eigenvalue weighted by molar-refractivity contribution is 0.867. The molecule has 0 fully saturated rings. The van der Waals surface area contributed by atoms with Crippen molar-refractivity contribution >= 4 is 22.9 Å². The van der Waals surface area contributed by atoms with E-state index < -0.39 is 0 Å². The SMILES string of the molecule is Cc1nc(-c2ccc(C(C)C)cc2)sc1CCl. The van der Waals surface area contributed by atoms with Gasteiger partial charge in [0.25, 0.3) is 0 Å². The third kappa shape index (κ3) is 2.70. The molecular formula is C14H16ClNS. The molecule has 1 heterocycles. The van der Waals surface area contributed by atoms with Gasteiger partial charge in [0.05, 0.1) is 11.6 Å². The number of alkyl halides is 1. The maximum Gasteiger partial charge on any atom is 0.123 e. The van der Waals surface area contributed by atoms with Crippen LogP contribution in [0.4, 0.5) is 0 Å². The van der Waals surface area contributed by atoms with Gasteiger partial charge in [0.1, 0.15) is 5.01 Å². The summed E-state index contributed by atoms with van der Waals surface area (Å²) in [5.74, 6) is 1.12. The summed E-state index contributed by atoms with van der Waals surface area (Å²) >= 11 is 7.55. The lowest BCUT2D eigenvalue weighted by Crippen LogP contribution is -1.86. The summed E-state index contributed by atoms with van der Waals surface area (Å²) in [6.07, 6.45) is 0. The zero-order valence-electron chi connectivity index (χ0n) is 10.3. The van der Waals surface area contributed by atoms with Crippen LogP contribution in [-0.2, 0) is 5.88 Å². The Balaban J connectivity index is 2.33. The van der Waals surface area contributed by atoms with Gasteiger partial charge in [0.15, 0.2) is 0 Å². The van der Waals surface area contributed by atoms with Crippen LogP contribution in [0.25, 0.3) is 10.6 Å². The molecule has 0 aliphatic carbocycles. The smallest absolute Gasteiger partial charge is 0.123 e. The number of aryl methyl sites for hydroxylation is 1. The van der Waals surface area contributed by atoms with Crippen molar-refractivity contribution in [2.45, 2.75) is 32.6 Å². The summed E-state index contributed by atoms with van der Waals surface area (Å²) in [6.45, 7) is 6.42. The predicted molar refractivity (Wildman–Crippen MR) is 75.9 cm³/mol. The van der Waals surface area contributed by atoms with Crippen LogP contribution in [0, 0.1) is 6.92 Å². The van der Waals surface area contributed by atoms with Crippen molar-refractivity contribution in [2.75, 3.05) is 0 Å². The lowest BCUT2D eigenvalue weighted by Gasteiger charge is -2.05. The van der Waals surface area contributed by atoms with E-state index in [0.29, 0.717) is 11.8 Å². The van der Waals surface area contributed by atoms with E-state index in [1.807, 2.05) is 6.92 Å². The normalized spacial score (nSPS) is 11.1. The number of hydrogen-bond donors (Lipinski definition) is 0. The second-order valence-corrected chi connectivity index (χ2v) is 5.79. The van der Waals surface area contributed by atoms with E-state index in [9.17, 15) is 0 Å². The van der Waals surface area contributed by atoms with Crippen LogP contribution in [0.2, 0.25) is 0 Å². The molecule has 0 amide bonds. The maximum atomic E-state index is 5.87. The fraction of sp³-hybridized carbons (Fsp3) is 0.357. The molecule has 0 unspecified atom stereocenters. The highest BCUT2D eigenvalue weighted by molar-refractivity contribution is 7.15. The molecule has 1 nitrogen and oxygen atoms in total. The van der Waals surface area contributed by atoms with E-state index in [2.05, 4.69) is 43.1 Å². The first-order valence-electron chi connectivity index (χ1n) is 5.74. The van der Waals surface area contributed by atoms with Gasteiger partial charge in [-0.25, -0.2) is 4.98 Å². The number of rotatable bonds is 3. The number of nitrogens with zero attached hydrogens (tertiary/aromatic N) is 1. The van der Waals surface area contributed by atoms with Crippen LogP contribution in [0.3, 0.4) is 0 Å². The molecule has 3 heteroatoms. The highest BCUT2D eigenvalue weighted by Crippen LogP contribution is 2.29. The van der Waals surface area contributed by atoms with Crippen LogP contribution in [0.1, 0.15) is 35.9 Å². The quantitative estimate of drug-likeness (QED) is 0.713. The Morgan fingerprint density at radius 2 is 1.88 bits per heavy atom. The van der Waals surface area contributed by atoms with Crippen molar-refractivity contribution in [1.82, 2.24) is 4.98 Å². The summed E-state index contributed by atoms with van der Waals surface area (Å²) in [6, 6.07) is 8.64. The number of thiazole rings is 1. The van der Waals surface area contributed by atoms with Gasteiger partial charge in [0, 0.05) is 10.4 Å². The van der Waals surface area contributed by atoms with E-state index >= 15 is 0 Å². The van der Waals surface area contributed by atoms with E-state index in [0.717, 1.165) is 15.6 Å². The number of hydrogen-bond acceptors (Lipinski definition) is 2. The molecule has 2 rings (SSSR count). The summed E-state index contributed by atoms with van der Waals surface area (Å²) in [4.78, 5) is 5.72. The predicted octanol–water partition coefficient (Wildman–Crippen LogP) is 4.98. The zero-order valence-corrected chi connectivity index (χ0v) is 11.9. The Morgan fingerprint density at radius 3 is 2.35 bits per heavy atom. The van der Waals surface area contributed by atoms with Gasteiger partial charge in [-0.3, -0.25) is 0 Å². The zero-order chi connectivity index (χ0) is 12.4. The molecule has 0 aliphatic heterocycles. The van der Waals surface area contributed by atoms with Gasteiger partial charge in [-0.1, -0.05) is 38.1 Å². The third-order valence-electron chi connectivity index (χ3n) is 2.84. The molecule has 0 atom stereocenters. The van der Waals surface area contributed by atoms with Crippen molar-refractivity contribution in [3.05, 3.63) is 40.4 Å². The Bertz CT molecular complexity index is 499. The van der Waals surface area contributed by atoms with Crippen LogP contribution in [0.5, 0.6) is 0 Å². The minimum Gasteiger partial charge on any atom is -0.241 e.